The summed E-state index contributed by atoms with van der Waals surface area (Å²) in [6.45, 7) is 5.60. The van der Waals surface area contributed by atoms with Gasteiger partial charge in [-0.2, -0.15) is 0 Å². The zero-order valence-corrected chi connectivity index (χ0v) is 22.6. The van der Waals surface area contributed by atoms with Crippen LogP contribution in [0, 0.1) is 11.3 Å². The third-order valence-electron chi connectivity index (χ3n) is 8.79. The van der Waals surface area contributed by atoms with Gasteiger partial charge in [-0.15, -0.1) is 0 Å². The molecular formula is C31H41N3O4. The van der Waals surface area contributed by atoms with Crippen LogP contribution in [0.5, 0.6) is 5.75 Å². The van der Waals surface area contributed by atoms with E-state index in [2.05, 4.69) is 22.3 Å². The molecule has 0 radical (unpaired) electrons. The van der Waals surface area contributed by atoms with Crippen molar-refractivity contribution < 1.29 is 19.1 Å². The molecular weight excluding hydrogens is 478 g/mol. The molecule has 0 aliphatic carbocycles. The van der Waals surface area contributed by atoms with Crippen LogP contribution < -0.4 is 10.1 Å². The van der Waals surface area contributed by atoms with Gasteiger partial charge in [-0.05, 0) is 74.9 Å². The topological polar surface area (TPSA) is 71.1 Å². The van der Waals surface area contributed by atoms with Crippen molar-refractivity contribution in [2.75, 3.05) is 46.5 Å². The van der Waals surface area contributed by atoms with Crippen molar-refractivity contribution in [3.8, 4) is 5.75 Å². The SMILES string of the molecule is COc1ccc(CN2CCC3(CCN(CCC(NC(=O)C4CCOCC4)c4ccccc4)CC3)C2=O)cc1. The number of nitrogens with one attached hydrogen (secondary N) is 1. The molecule has 204 valence electrons. The van der Waals surface area contributed by atoms with Gasteiger partial charge in [-0.25, -0.2) is 0 Å². The van der Waals surface area contributed by atoms with Crippen LogP contribution in [0.25, 0.3) is 0 Å². The summed E-state index contributed by atoms with van der Waals surface area (Å²) in [5.74, 6) is 1.34. The monoisotopic (exact) mass is 519 g/mol. The van der Waals surface area contributed by atoms with Gasteiger partial charge in [0.15, 0.2) is 0 Å². The first-order valence-corrected chi connectivity index (χ1v) is 14.1. The van der Waals surface area contributed by atoms with Gasteiger partial charge >= 0.3 is 0 Å². The predicted octanol–water partition coefficient (Wildman–Crippen LogP) is 4.18. The molecule has 2 amide bonds. The lowest BCUT2D eigenvalue weighted by Crippen LogP contribution is -2.45. The summed E-state index contributed by atoms with van der Waals surface area (Å²) >= 11 is 0. The Morgan fingerprint density at radius 1 is 1.03 bits per heavy atom. The lowest BCUT2D eigenvalue weighted by atomic mass is 9.77. The van der Waals surface area contributed by atoms with E-state index in [1.165, 1.54) is 0 Å². The highest BCUT2D eigenvalue weighted by molar-refractivity contribution is 5.85. The number of hydrogen-bond acceptors (Lipinski definition) is 5. The Morgan fingerprint density at radius 3 is 2.39 bits per heavy atom. The number of carbonyl (C=O) groups excluding carboxylic acids is 2. The van der Waals surface area contributed by atoms with E-state index < -0.39 is 0 Å². The van der Waals surface area contributed by atoms with Crippen LogP contribution in [0.15, 0.2) is 54.6 Å². The summed E-state index contributed by atoms with van der Waals surface area (Å²) in [6.07, 6.45) is 5.23. The van der Waals surface area contributed by atoms with Crippen molar-refractivity contribution in [3.63, 3.8) is 0 Å². The molecule has 1 atom stereocenters. The number of amides is 2. The van der Waals surface area contributed by atoms with Crippen LogP contribution in [0.4, 0.5) is 0 Å². The van der Waals surface area contributed by atoms with Gasteiger partial charge < -0.3 is 24.6 Å². The van der Waals surface area contributed by atoms with Crippen molar-refractivity contribution in [2.24, 2.45) is 11.3 Å². The van der Waals surface area contributed by atoms with Crippen LogP contribution >= 0.6 is 0 Å². The fraction of sp³-hybridized carbons (Fsp3) is 0.548. The molecule has 3 saturated heterocycles. The van der Waals surface area contributed by atoms with Crippen LogP contribution in [0.3, 0.4) is 0 Å². The van der Waals surface area contributed by atoms with Crippen molar-refractivity contribution in [3.05, 3.63) is 65.7 Å². The Hall–Kier alpha value is -2.90. The van der Waals surface area contributed by atoms with Crippen molar-refractivity contribution in [1.29, 1.82) is 0 Å². The first-order chi connectivity index (χ1) is 18.6. The summed E-state index contributed by atoms with van der Waals surface area (Å²) in [7, 11) is 1.67. The fourth-order valence-electron chi connectivity index (χ4n) is 6.23. The number of rotatable bonds is 9. The van der Waals surface area contributed by atoms with Gasteiger partial charge in [0.25, 0.3) is 0 Å². The Bertz CT molecular complexity index is 1060. The number of ether oxygens (including phenoxy) is 2. The van der Waals surface area contributed by atoms with E-state index in [4.69, 9.17) is 9.47 Å². The van der Waals surface area contributed by atoms with E-state index in [9.17, 15) is 9.59 Å². The number of likely N-dealkylation sites (tertiary alicyclic amines) is 2. The Kier molecular flexibility index (Phi) is 8.65. The van der Waals surface area contributed by atoms with E-state index in [1.807, 2.05) is 47.4 Å². The van der Waals surface area contributed by atoms with Crippen LogP contribution in [-0.4, -0.2) is 68.1 Å². The third kappa shape index (κ3) is 6.21. The van der Waals surface area contributed by atoms with E-state index in [1.54, 1.807) is 7.11 Å². The second-order valence-electron chi connectivity index (χ2n) is 11.1. The summed E-state index contributed by atoms with van der Waals surface area (Å²) in [4.78, 5) is 31.0. The minimum absolute atomic E-state index is 0.00414. The molecule has 0 bridgehead atoms. The summed E-state index contributed by atoms with van der Waals surface area (Å²) in [5.41, 5.74) is 2.09. The van der Waals surface area contributed by atoms with Crippen LogP contribution in [0.1, 0.15) is 55.7 Å². The van der Waals surface area contributed by atoms with Crippen LogP contribution in [-0.2, 0) is 20.9 Å². The summed E-state index contributed by atoms with van der Waals surface area (Å²) in [6, 6.07) is 18.3. The molecule has 7 nitrogen and oxygen atoms in total. The van der Waals surface area contributed by atoms with Crippen molar-refractivity contribution >= 4 is 11.8 Å². The number of methoxy groups -OCH3 is 1. The van der Waals surface area contributed by atoms with Gasteiger partial charge in [0.1, 0.15) is 5.75 Å². The molecule has 3 fully saturated rings. The first-order valence-electron chi connectivity index (χ1n) is 14.1. The maximum Gasteiger partial charge on any atom is 0.229 e. The predicted molar refractivity (Wildman–Crippen MR) is 147 cm³/mol. The molecule has 38 heavy (non-hydrogen) atoms. The second-order valence-corrected chi connectivity index (χ2v) is 11.1. The van der Waals surface area contributed by atoms with E-state index >= 15 is 0 Å². The average Bonchev–Trinajstić information content (AvgIpc) is 3.27. The molecule has 0 saturated carbocycles. The molecule has 2 aromatic rings. The maximum absolute atomic E-state index is 13.5. The van der Waals surface area contributed by atoms with E-state index in [0.29, 0.717) is 25.7 Å². The largest absolute Gasteiger partial charge is 0.497 e. The number of benzene rings is 2. The molecule has 5 rings (SSSR count). The van der Waals surface area contributed by atoms with E-state index in [-0.39, 0.29) is 23.3 Å². The van der Waals surface area contributed by atoms with Gasteiger partial charge in [0.05, 0.1) is 18.6 Å². The number of piperidine rings is 1. The summed E-state index contributed by atoms with van der Waals surface area (Å²) in [5, 5.41) is 3.34. The molecule has 2 aromatic carbocycles. The maximum atomic E-state index is 13.5. The smallest absolute Gasteiger partial charge is 0.229 e. The Labute approximate surface area is 226 Å². The molecule has 3 aliphatic rings. The Balaban J connectivity index is 1.14. The zero-order valence-electron chi connectivity index (χ0n) is 22.6. The normalized spacial score (nSPS) is 21.0. The average molecular weight is 520 g/mol. The highest BCUT2D eigenvalue weighted by atomic mass is 16.5. The molecule has 1 N–H and O–H groups in total. The zero-order chi connectivity index (χ0) is 26.4. The van der Waals surface area contributed by atoms with Crippen LogP contribution in [0.2, 0.25) is 0 Å². The minimum atomic E-state index is -0.209. The highest BCUT2D eigenvalue weighted by Crippen LogP contribution is 2.42. The van der Waals surface area contributed by atoms with Crippen molar-refractivity contribution in [2.45, 2.75) is 51.1 Å². The lowest BCUT2D eigenvalue weighted by Gasteiger charge is -2.38. The van der Waals surface area contributed by atoms with Gasteiger partial charge in [0, 0.05) is 38.8 Å². The molecule has 3 heterocycles. The highest BCUT2D eigenvalue weighted by Gasteiger charge is 2.47. The minimum Gasteiger partial charge on any atom is -0.497 e. The molecule has 7 heteroatoms. The standard InChI is InChI=1S/C31H41N3O4/c1-37-27-9-7-24(8-10-27)23-34-20-16-31(30(34)36)14-18-33(19-15-31)17-11-28(25-5-3-2-4-6-25)32-29(35)26-12-21-38-22-13-26/h2-10,26,28H,11-23H2,1H3,(H,32,35). The molecule has 1 unspecified atom stereocenters. The van der Waals surface area contributed by atoms with Gasteiger partial charge in [-0.3, -0.25) is 9.59 Å². The summed E-state index contributed by atoms with van der Waals surface area (Å²) < 4.78 is 10.7. The Morgan fingerprint density at radius 2 is 1.71 bits per heavy atom. The van der Waals surface area contributed by atoms with Gasteiger partial charge in [-0.1, -0.05) is 42.5 Å². The number of nitrogens with zero attached hydrogens (tertiary/aromatic N) is 2. The number of hydrogen-bond donors (Lipinski definition) is 1. The molecule has 0 aromatic heterocycles. The fourth-order valence-corrected chi connectivity index (χ4v) is 6.23. The van der Waals surface area contributed by atoms with Gasteiger partial charge in [0.2, 0.25) is 11.8 Å². The number of carbonyl (C=O) groups is 2. The lowest BCUT2D eigenvalue weighted by molar-refractivity contribution is -0.139. The van der Waals surface area contributed by atoms with E-state index in [0.717, 1.165) is 81.6 Å². The third-order valence-corrected chi connectivity index (χ3v) is 8.79. The second kappa shape index (κ2) is 12.3. The van der Waals surface area contributed by atoms with Crippen molar-refractivity contribution in [1.82, 2.24) is 15.1 Å². The first kappa shape index (κ1) is 26.7. The molecule has 1 spiro atoms. The quantitative estimate of drug-likeness (QED) is 0.538. The molecule has 3 aliphatic heterocycles.